The highest BCUT2D eigenvalue weighted by molar-refractivity contribution is 5.55. The van der Waals surface area contributed by atoms with Gasteiger partial charge in [0.15, 0.2) is 0 Å². The zero-order valence-corrected chi connectivity index (χ0v) is 13.6. The van der Waals surface area contributed by atoms with Crippen LogP contribution in [0.3, 0.4) is 0 Å². The predicted octanol–water partition coefficient (Wildman–Crippen LogP) is 2.29. The van der Waals surface area contributed by atoms with Crippen molar-refractivity contribution in [2.75, 3.05) is 25.0 Å². The zero-order chi connectivity index (χ0) is 16.3. The lowest BCUT2D eigenvalue weighted by Gasteiger charge is -2.45. The first-order chi connectivity index (χ1) is 10.3. The quantitative estimate of drug-likeness (QED) is 0.664. The summed E-state index contributed by atoms with van der Waals surface area (Å²) >= 11 is 0. The summed E-state index contributed by atoms with van der Waals surface area (Å²) in [6.07, 6.45) is 1.93. The van der Waals surface area contributed by atoms with Crippen LogP contribution in [0.5, 0.6) is 0 Å². The minimum absolute atomic E-state index is 0.00186. The van der Waals surface area contributed by atoms with Gasteiger partial charge in [0.2, 0.25) is 5.82 Å². The maximum atomic E-state index is 11.0. The second kappa shape index (κ2) is 6.58. The smallest absolute Gasteiger partial charge is 0.311 e. The van der Waals surface area contributed by atoms with Crippen LogP contribution in [0.2, 0.25) is 0 Å². The molecule has 122 valence electrons. The topological polar surface area (TPSA) is 80.5 Å². The number of rotatable bonds is 5. The van der Waals surface area contributed by atoms with Crippen LogP contribution in [0.15, 0.2) is 18.3 Å². The molecule has 7 nitrogen and oxygen atoms in total. The molecule has 22 heavy (non-hydrogen) atoms. The number of ether oxygens (including phenoxy) is 1. The first-order valence-corrected chi connectivity index (χ1v) is 7.53. The fourth-order valence-corrected chi connectivity index (χ4v) is 2.76. The van der Waals surface area contributed by atoms with E-state index in [0.29, 0.717) is 12.4 Å². The molecule has 0 amide bonds. The summed E-state index contributed by atoms with van der Waals surface area (Å²) in [4.78, 5) is 17.1. The first kappa shape index (κ1) is 16.6. The maximum Gasteiger partial charge on any atom is 0.311 e. The Hall–Kier alpha value is -1.73. The van der Waals surface area contributed by atoms with Crippen molar-refractivity contribution in [2.24, 2.45) is 0 Å². The van der Waals surface area contributed by atoms with Gasteiger partial charge in [-0.05, 0) is 33.8 Å². The fourth-order valence-electron chi connectivity index (χ4n) is 2.76. The van der Waals surface area contributed by atoms with Gasteiger partial charge in [-0.1, -0.05) is 0 Å². The van der Waals surface area contributed by atoms with E-state index in [2.05, 4.69) is 42.9 Å². The standard InChI is InChI=1S/C15H24N4O3/c1-11-8-18(9-12(2)22-11)15(3,4)10-17-14-13(19(20)21)6-5-7-16-14/h5-7,11-12H,8-10H2,1-4H3,(H,16,17). The average Bonchev–Trinajstić information content (AvgIpc) is 2.44. The van der Waals surface area contributed by atoms with Gasteiger partial charge in [-0.25, -0.2) is 4.98 Å². The van der Waals surface area contributed by atoms with Crippen LogP contribution < -0.4 is 5.32 Å². The number of hydrogen-bond donors (Lipinski definition) is 1. The second-order valence-corrected chi connectivity index (χ2v) is 6.46. The Labute approximate surface area is 130 Å². The summed E-state index contributed by atoms with van der Waals surface area (Å²) < 4.78 is 5.76. The van der Waals surface area contributed by atoms with E-state index in [1.54, 1.807) is 12.3 Å². The van der Waals surface area contributed by atoms with E-state index in [1.165, 1.54) is 6.07 Å². The van der Waals surface area contributed by atoms with Crippen LogP contribution in [0.4, 0.5) is 11.5 Å². The minimum atomic E-state index is -0.415. The third-order valence-corrected chi connectivity index (χ3v) is 3.95. The predicted molar refractivity (Wildman–Crippen MR) is 85.0 cm³/mol. The second-order valence-electron chi connectivity index (χ2n) is 6.46. The van der Waals surface area contributed by atoms with E-state index in [0.717, 1.165) is 13.1 Å². The van der Waals surface area contributed by atoms with Crippen molar-refractivity contribution in [3.63, 3.8) is 0 Å². The largest absolute Gasteiger partial charge is 0.373 e. The lowest BCUT2D eigenvalue weighted by molar-refractivity contribution is -0.384. The van der Waals surface area contributed by atoms with E-state index in [-0.39, 0.29) is 23.4 Å². The Kier molecular flexibility index (Phi) is 4.97. The van der Waals surface area contributed by atoms with Crippen molar-refractivity contribution in [1.82, 2.24) is 9.88 Å². The molecule has 0 aromatic carbocycles. The van der Waals surface area contributed by atoms with Gasteiger partial charge in [-0.15, -0.1) is 0 Å². The number of morpholine rings is 1. The summed E-state index contributed by atoms with van der Waals surface area (Å²) in [7, 11) is 0. The first-order valence-electron chi connectivity index (χ1n) is 7.53. The molecule has 1 fully saturated rings. The molecule has 1 aliphatic heterocycles. The molecule has 1 N–H and O–H groups in total. The van der Waals surface area contributed by atoms with Crippen molar-refractivity contribution < 1.29 is 9.66 Å². The molecule has 0 saturated carbocycles. The van der Waals surface area contributed by atoms with Gasteiger partial charge in [-0.2, -0.15) is 0 Å². The zero-order valence-electron chi connectivity index (χ0n) is 13.6. The average molecular weight is 308 g/mol. The highest BCUT2D eigenvalue weighted by Gasteiger charge is 2.33. The number of nitrogens with zero attached hydrogens (tertiary/aromatic N) is 3. The molecule has 1 saturated heterocycles. The number of nitro groups is 1. The molecule has 0 bridgehead atoms. The maximum absolute atomic E-state index is 11.0. The van der Waals surface area contributed by atoms with E-state index in [9.17, 15) is 10.1 Å². The molecular weight excluding hydrogens is 284 g/mol. The van der Waals surface area contributed by atoms with E-state index < -0.39 is 4.92 Å². The van der Waals surface area contributed by atoms with Gasteiger partial charge in [0, 0.05) is 37.4 Å². The molecule has 7 heteroatoms. The van der Waals surface area contributed by atoms with Crippen LogP contribution >= 0.6 is 0 Å². The molecule has 1 aliphatic rings. The summed E-state index contributed by atoms with van der Waals surface area (Å²) in [5, 5.41) is 14.2. The Morgan fingerprint density at radius 2 is 2.09 bits per heavy atom. The molecule has 2 atom stereocenters. The molecule has 2 heterocycles. The van der Waals surface area contributed by atoms with Crippen molar-refractivity contribution in [1.29, 1.82) is 0 Å². The Morgan fingerprint density at radius 3 is 2.68 bits per heavy atom. The van der Waals surface area contributed by atoms with E-state index in [1.807, 2.05) is 0 Å². The normalized spacial score (nSPS) is 23.3. The number of pyridine rings is 1. The third kappa shape index (κ3) is 3.92. The number of nitrogens with one attached hydrogen (secondary N) is 1. The van der Waals surface area contributed by atoms with Gasteiger partial charge in [0.1, 0.15) is 0 Å². The molecular formula is C15H24N4O3. The fraction of sp³-hybridized carbons (Fsp3) is 0.667. The molecule has 0 aliphatic carbocycles. The Balaban J connectivity index is 2.05. The van der Waals surface area contributed by atoms with Crippen LogP contribution in [0.1, 0.15) is 27.7 Å². The molecule has 0 spiro atoms. The molecule has 2 unspecified atom stereocenters. The van der Waals surface area contributed by atoms with Gasteiger partial charge in [-0.3, -0.25) is 15.0 Å². The molecule has 1 aromatic rings. The summed E-state index contributed by atoms with van der Waals surface area (Å²) in [5.74, 6) is 0.315. The summed E-state index contributed by atoms with van der Waals surface area (Å²) in [6, 6.07) is 3.03. The number of anilines is 1. The van der Waals surface area contributed by atoms with E-state index >= 15 is 0 Å². The lowest BCUT2D eigenvalue weighted by Crippen LogP contribution is -2.57. The van der Waals surface area contributed by atoms with Crippen molar-refractivity contribution >= 4 is 11.5 Å². The molecule has 1 aromatic heterocycles. The van der Waals surface area contributed by atoms with Gasteiger partial charge in [0.25, 0.3) is 0 Å². The van der Waals surface area contributed by atoms with Gasteiger partial charge < -0.3 is 10.1 Å². The Bertz CT molecular complexity index is 525. The van der Waals surface area contributed by atoms with E-state index in [4.69, 9.17) is 4.74 Å². The van der Waals surface area contributed by atoms with Crippen molar-refractivity contribution in [3.8, 4) is 0 Å². The third-order valence-electron chi connectivity index (χ3n) is 3.95. The number of hydrogen-bond acceptors (Lipinski definition) is 6. The highest BCUT2D eigenvalue weighted by Crippen LogP contribution is 2.24. The minimum Gasteiger partial charge on any atom is -0.373 e. The summed E-state index contributed by atoms with van der Waals surface area (Å²) in [6.45, 7) is 10.7. The van der Waals surface area contributed by atoms with Gasteiger partial charge >= 0.3 is 5.69 Å². The van der Waals surface area contributed by atoms with Crippen LogP contribution in [-0.4, -0.2) is 52.2 Å². The van der Waals surface area contributed by atoms with Crippen LogP contribution in [-0.2, 0) is 4.74 Å². The SMILES string of the molecule is CC1CN(C(C)(C)CNc2ncccc2[N+](=O)[O-])CC(C)O1. The van der Waals surface area contributed by atoms with Crippen LogP contribution in [0.25, 0.3) is 0 Å². The number of aromatic nitrogens is 1. The van der Waals surface area contributed by atoms with Gasteiger partial charge in [0.05, 0.1) is 17.1 Å². The summed E-state index contributed by atoms with van der Waals surface area (Å²) in [5.41, 5.74) is -0.153. The Morgan fingerprint density at radius 1 is 1.45 bits per heavy atom. The van der Waals surface area contributed by atoms with Crippen LogP contribution in [0, 0.1) is 10.1 Å². The molecule has 2 rings (SSSR count). The monoisotopic (exact) mass is 308 g/mol. The van der Waals surface area contributed by atoms with Crippen molar-refractivity contribution in [2.45, 2.75) is 45.4 Å². The lowest BCUT2D eigenvalue weighted by atomic mass is 10.00. The van der Waals surface area contributed by atoms with Crippen molar-refractivity contribution in [3.05, 3.63) is 28.4 Å². The molecule has 0 radical (unpaired) electrons. The highest BCUT2D eigenvalue weighted by atomic mass is 16.6.